The molecule has 26 heavy (non-hydrogen) atoms. The summed E-state index contributed by atoms with van der Waals surface area (Å²) >= 11 is 0. The molecule has 3 aromatic rings. The minimum Gasteiger partial charge on any atom is -0.497 e. The Bertz CT molecular complexity index is 797. The monoisotopic (exact) mass is 348 g/mol. The smallest absolute Gasteiger partial charge is 0.222 e. The quantitative estimate of drug-likeness (QED) is 0.641. The van der Waals surface area contributed by atoms with Crippen LogP contribution in [0.5, 0.6) is 17.4 Å². The number of benzene rings is 2. The van der Waals surface area contributed by atoms with Gasteiger partial charge in [0.1, 0.15) is 11.5 Å². The van der Waals surface area contributed by atoms with Crippen molar-refractivity contribution in [3.8, 4) is 39.6 Å². The second-order valence-corrected chi connectivity index (χ2v) is 5.77. The Morgan fingerprint density at radius 3 is 1.65 bits per heavy atom. The lowest BCUT2D eigenvalue weighted by atomic mass is 9.91. The number of ether oxygens (including phenoxy) is 3. The van der Waals surface area contributed by atoms with Gasteiger partial charge in [-0.25, -0.2) is 4.98 Å². The Balaban J connectivity index is 2.25. The van der Waals surface area contributed by atoms with Crippen LogP contribution in [0.1, 0.15) is 12.5 Å². The van der Waals surface area contributed by atoms with Gasteiger partial charge in [0.15, 0.2) is 0 Å². The van der Waals surface area contributed by atoms with Crippen LogP contribution >= 0.6 is 0 Å². The predicted octanol–water partition coefficient (Wildman–Crippen LogP) is 4.80. The fraction of sp³-hybridized carbons (Fsp3) is 0.227. The molecule has 0 unspecified atom stereocenters. The van der Waals surface area contributed by atoms with Crippen LogP contribution in [0.15, 0.2) is 48.5 Å². The first-order chi connectivity index (χ1) is 12.7. The molecule has 1 radical (unpaired) electrons. The maximum Gasteiger partial charge on any atom is 0.222 e. The summed E-state index contributed by atoms with van der Waals surface area (Å²) < 4.78 is 16.1. The van der Waals surface area contributed by atoms with E-state index in [0.717, 1.165) is 45.7 Å². The average Bonchev–Trinajstić information content (AvgIpc) is 2.72. The number of aromatic nitrogens is 1. The van der Waals surface area contributed by atoms with Crippen LogP contribution in [0.4, 0.5) is 0 Å². The molecule has 0 aliphatic carbocycles. The number of methoxy groups -OCH3 is 3. The van der Waals surface area contributed by atoms with Crippen LogP contribution < -0.4 is 14.2 Å². The van der Waals surface area contributed by atoms with Crippen molar-refractivity contribution in [2.24, 2.45) is 0 Å². The first-order valence-corrected chi connectivity index (χ1v) is 8.49. The van der Waals surface area contributed by atoms with Crippen LogP contribution in [0, 0.1) is 6.20 Å². The largest absolute Gasteiger partial charge is 0.497 e. The fourth-order valence-corrected chi connectivity index (χ4v) is 2.99. The van der Waals surface area contributed by atoms with Gasteiger partial charge in [-0.1, -0.05) is 31.2 Å². The van der Waals surface area contributed by atoms with E-state index in [2.05, 4.69) is 18.1 Å². The van der Waals surface area contributed by atoms with Gasteiger partial charge in [0.2, 0.25) is 5.88 Å². The maximum atomic E-state index is 5.56. The van der Waals surface area contributed by atoms with Crippen molar-refractivity contribution in [2.75, 3.05) is 21.3 Å². The highest BCUT2D eigenvalue weighted by Crippen LogP contribution is 2.41. The van der Waals surface area contributed by atoms with Crippen LogP contribution in [-0.2, 0) is 6.42 Å². The second-order valence-electron chi connectivity index (χ2n) is 5.77. The molecular formula is C22H22NO3. The highest BCUT2D eigenvalue weighted by molar-refractivity contribution is 5.88. The summed E-state index contributed by atoms with van der Waals surface area (Å²) in [5.41, 5.74) is 5.17. The van der Waals surface area contributed by atoms with Crippen LogP contribution in [0.2, 0.25) is 0 Å². The van der Waals surface area contributed by atoms with Gasteiger partial charge in [0.25, 0.3) is 0 Å². The topological polar surface area (TPSA) is 40.6 Å². The van der Waals surface area contributed by atoms with Crippen LogP contribution in [0.3, 0.4) is 0 Å². The summed E-state index contributed by atoms with van der Waals surface area (Å²) in [4.78, 5) is 4.40. The summed E-state index contributed by atoms with van der Waals surface area (Å²) in [6.07, 6.45) is 3.96. The van der Waals surface area contributed by atoms with Gasteiger partial charge in [0, 0.05) is 5.56 Å². The Morgan fingerprint density at radius 1 is 0.731 bits per heavy atom. The maximum absolute atomic E-state index is 5.56. The van der Waals surface area contributed by atoms with Crippen molar-refractivity contribution in [2.45, 2.75) is 13.3 Å². The molecule has 4 nitrogen and oxygen atoms in total. The molecule has 0 aliphatic rings. The number of nitrogens with zero attached hydrogens (tertiary/aromatic N) is 1. The van der Waals surface area contributed by atoms with E-state index in [9.17, 15) is 0 Å². The molecule has 0 aliphatic heterocycles. The standard InChI is InChI=1S/C22H22NO3/c1-5-15-14-23-22(26-4)21(17-8-12-19(25-3)13-9-17)20(15)16-6-10-18(24-2)11-7-16/h6-13H,5H2,1-4H3. The van der Waals surface area contributed by atoms with Gasteiger partial charge in [-0.15, -0.1) is 0 Å². The van der Waals surface area contributed by atoms with E-state index >= 15 is 0 Å². The Hall–Kier alpha value is -3.01. The lowest BCUT2D eigenvalue weighted by Gasteiger charge is -2.17. The highest BCUT2D eigenvalue weighted by atomic mass is 16.5. The molecule has 133 valence electrons. The Labute approximate surface area is 154 Å². The van der Waals surface area contributed by atoms with Gasteiger partial charge in [0.05, 0.1) is 33.1 Å². The normalized spacial score (nSPS) is 10.5. The molecule has 4 heteroatoms. The zero-order chi connectivity index (χ0) is 18.5. The molecule has 0 N–H and O–H groups in total. The molecule has 2 aromatic carbocycles. The van der Waals surface area contributed by atoms with Crippen molar-refractivity contribution in [3.05, 3.63) is 60.3 Å². The lowest BCUT2D eigenvalue weighted by molar-refractivity contribution is 0.399. The van der Waals surface area contributed by atoms with Gasteiger partial charge >= 0.3 is 0 Å². The van der Waals surface area contributed by atoms with Gasteiger partial charge in [-0.2, -0.15) is 0 Å². The SMILES string of the molecule is CCc1[c]nc(OC)c(-c2ccc(OC)cc2)c1-c1ccc(OC)cc1. The average molecular weight is 348 g/mol. The van der Waals surface area contributed by atoms with Gasteiger partial charge in [-0.3, -0.25) is 0 Å². The van der Waals surface area contributed by atoms with Crippen molar-refractivity contribution in [1.29, 1.82) is 0 Å². The Kier molecular flexibility index (Phi) is 5.42. The third-order valence-electron chi connectivity index (χ3n) is 4.36. The summed E-state index contributed by atoms with van der Waals surface area (Å²) in [7, 11) is 4.96. The molecule has 0 spiro atoms. The third kappa shape index (κ3) is 3.36. The number of hydrogen-bond acceptors (Lipinski definition) is 4. The number of rotatable bonds is 6. The molecule has 1 aromatic heterocycles. The number of aryl methyl sites for hydroxylation is 1. The van der Waals surface area contributed by atoms with Crippen molar-refractivity contribution in [3.63, 3.8) is 0 Å². The number of hydrogen-bond donors (Lipinski definition) is 0. The molecule has 1 heterocycles. The molecule has 0 saturated carbocycles. The summed E-state index contributed by atoms with van der Waals surface area (Å²) in [6, 6.07) is 15.9. The van der Waals surface area contributed by atoms with E-state index in [4.69, 9.17) is 14.2 Å². The highest BCUT2D eigenvalue weighted by Gasteiger charge is 2.18. The lowest BCUT2D eigenvalue weighted by Crippen LogP contribution is -2.00. The Morgan fingerprint density at radius 2 is 1.23 bits per heavy atom. The van der Waals surface area contributed by atoms with E-state index in [-0.39, 0.29) is 0 Å². The predicted molar refractivity (Wildman–Crippen MR) is 103 cm³/mol. The first-order valence-electron chi connectivity index (χ1n) is 8.49. The molecule has 0 amide bonds. The fourth-order valence-electron chi connectivity index (χ4n) is 2.99. The van der Waals surface area contributed by atoms with E-state index < -0.39 is 0 Å². The molecule has 0 atom stereocenters. The van der Waals surface area contributed by atoms with E-state index in [1.54, 1.807) is 21.3 Å². The summed E-state index contributed by atoms with van der Waals surface area (Å²) in [6.45, 7) is 2.10. The summed E-state index contributed by atoms with van der Waals surface area (Å²) in [5.74, 6) is 2.19. The zero-order valence-electron chi connectivity index (χ0n) is 15.5. The van der Waals surface area contributed by atoms with Crippen molar-refractivity contribution >= 4 is 0 Å². The van der Waals surface area contributed by atoms with E-state index in [1.165, 1.54) is 0 Å². The van der Waals surface area contributed by atoms with Crippen molar-refractivity contribution < 1.29 is 14.2 Å². The second kappa shape index (κ2) is 7.91. The van der Waals surface area contributed by atoms with Crippen LogP contribution in [0.25, 0.3) is 22.3 Å². The minimum absolute atomic E-state index is 0.554. The molecule has 0 bridgehead atoms. The van der Waals surface area contributed by atoms with Gasteiger partial charge in [-0.05, 0) is 47.4 Å². The molecule has 3 rings (SSSR count). The summed E-state index contributed by atoms with van der Waals surface area (Å²) in [5, 5.41) is 0. The van der Waals surface area contributed by atoms with Crippen LogP contribution in [-0.4, -0.2) is 26.3 Å². The number of pyridine rings is 1. The van der Waals surface area contributed by atoms with E-state index in [1.807, 2.05) is 48.5 Å². The molecule has 0 saturated heterocycles. The third-order valence-corrected chi connectivity index (χ3v) is 4.36. The minimum atomic E-state index is 0.554. The van der Waals surface area contributed by atoms with E-state index in [0.29, 0.717) is 5.88 Å². The molecule has 0 fully saturated rings. The van der Waals surface area contributed by atoms with Gasteiger partial charge < -0.3 is 14.2 Å². The van der Waals surface area contributed by atoms with Crippen molar-refractivity contribution in [1.82, 2.24) is 4.98 Å². The molecular weight excluding hydrogens is 326 g/mol. The first kappa shape index (κ1) is 17.8. The zero-order valence-corrected chi connectivity index (χ0v) is 15.5.